The number of aromatic nitrogens is 1. The maximum absolute atomic E-state index is 5.51. The van der Waals surface area contributed by atoms with Crippen LogP contribution in [0.15, 0.2) is 41.8 Å². The first-order valence-corrected chi connectivity index (χ1v) is 10.1. The van der Waals surface area contributed by atoms with Crippen molar-refractivity contribution in [3.05, 3.63) is 53.0 Å². The van der Waals surface area contributed by atoms with Crippen LogP contribution in [0.5, 0.6) is 23.0 Å². The average Bonchev–Trinajstić information content (AvgIpc) is 3.21. The Bertz CT molecular complexity index is 958. The van der Waals surface area contributed by atoms with Crippen molar-refractivity contribution in [3.63, 3.8) is 0 Å². The largest absolute Gasteiger partial charge is 0.497 e. The SMILES string of the molecule is COc1ccc(C[NH+](C)Cc2csc(-c3ccc(OC)c(OC)c3)n2)c(OC)c1. The van der Waals surface area contributed by atoms with Crippen molar-refractivity contribution in [1.82, 2.24) is 4.98 Å². The van der Waals surface area contributed by atoms with E-state index in [1.54, 1.807) is 39.8 Å². The lowest BCUT2D eigenvalue weighted by atomic mass is 10.1. The second-order valence-electron chi connectivity index (χ2n) is 6.70. The van der Waals surface area contributed by atoms with Crippen molar-refractivity contribution in [2.45, 2.75) is 13.1 Å². The van der Waals surface area contributed by atoms with Crippen molar-refractivity contribution in [3.8, 4) is 33.6 Å². The number of quaternary nitrogens is 1. The van der Waals surface area contributed by atoms with Gasteiger partial charge < -0.3 is 23.8 Å². The zero-order chi connectivity index (χ0) is 20.8. The predicted octanol–water partition coefficient (Wildman–Crippen LogP) is 3.06. The second kappa shape index (κ2) is 9.62. The van der Waals surface area contributed by atoms with Crippen molar-refractivity contribution in [2.24, 2.45) is 0 Å². The summed E-state index contributed by atoms with van der Waals surface area (Å²) in [5.41, 5.74) is 3.22. The fourth-order valence-corrected chi connectivity index (χ4v) is 4.00. The molecule has 0 amide bonds. The van der Waals surface area contributed by atoms with E-state index in [2.05, 4.69) is 18.5 Å². The molecule has 0 spiro atoms. The van der Waals surface area contributed by atoms with Crippen molar-refractivity contribution >= 4 is 11.3 Å². The molecule has 0 saturated heterocycles. The Morgan fingerprint density at radius 2 is 1.59 bits per heavy atom. The van der Waals surface area contributed by atoms with Crippen molar-refractivity contribution < 1.29 is 23.8 Å². The molecule has 0 aliphatic carbocycles. The van der Waals surface area contributed by atoms with E-state index in [0.29, 0.717) is 11.5 Å². The fraction of sp³-hybridized carbons (Fsp3) is 0.318. The molecular formula is C22H27N2O4S+. The highest BCUT2D eigenvalue weighted by Gasteiger charge is 2.14. The Morgan fingerprint density at radius 1 is 0.828 bits per heavy atom. The van der Waals surface area contributed by atoms with Gasteiger partial charge in [0.2, 0.25) is 0 Å². The van der Waals surface area contributed by atoms with E-state index >= 15 is 0 Å². The van der Waals surface area contributed by atoms with Crippen LogP contribution in [0.1, 0.15) is 11.3 Å². The zero-order valence-corrected chi connectivity index (χ0v) is 18.3. The van der Waals surface area contributed by atoms with Crippen LogP contribution in [0.3, 0.4) is 0 Å². The molecule has 1 unspecified atom stereocenters. The number of nitrogens with one attached hydrogen (secondary N) is 1. The minimum absolute atomic E-state index is 0.705. The van der Waals surface area contributed by atoms with Gasteiger partial charge in [-0.2, -0.15) is 0 Å². The highest BCUT2D eigenvalue weighted by molar-refractivity contribution is 7.13. The molecule has 7 heteroatoms. The molecule has 0 fully saturated rings. The Kier molecular flexibility index (Phi) is 6.95. The van der Waals surface area contributed by atoms with Gasteiger partial charge in [0.25, 0.3) is 0 Å². The molecule has 0 aliphatic heterocycles. The summed E-state index contributed by atoms with van der Waals surface area (Å²) in [7, 11) is 8.77. The van der Waals surface area contributed by atoms with E-state index < -0.39 is 0 Å². The summed E-state index contributed by atoms with van der Waals surface area (Å²) in [4.78, 5) is 6.13. The van der Waals surface area contributed by atoms with E-state index in [4.69, 9.17) is 23.9 Å². The maximum Gasteiger partial charge on any atom is 0.161 e. The summed E-state index contributed by atoms with van der Waals surface area (Å²) in [6.45, 7) is 1.65. The van der Waals surface area contributed by atoms with Crippen molar-refractivity contribution in [1.29, 1.82) is 0 Å². The third-order valence-electron chi connectivity index (χ3n) is 4.65. The smallest absolute Gasteiger partial charge is 0.161 e. The molecule has 0 saturated carbocycles. The zero-order valence-electron chi connectivity index (χ0n) is 17.4. The van der Waals surface area contributed by atoms with Gasteiger partial charge in [0.05, 0.1) is 35.5 Å². The third kappa shape index (κ3) is 4.99. The van der Waals surface area contributed by atoms with E-state index in [0.717, 1.165) is 46.4 Å². The predicted molar refractivity (Wildman–Crippen MR) is 114 cm³/mol. The van der Waals surface area contributed by atoms with E-state index in [1.807, 2.05) is 30.3 Å². The van der Waals surface area contributed by atoms with Gasteiger partial charge in [-0.25, -0.2) is 4.98 Å². The molecule has 154 valence electrons. The number of hydrogen-bond donors (Lipinski definition) is 1. The first-order chi connectivity index (χ1) is 14.1. The molecule has 3 aromatic rings. The van der Waals surface area contributed by atoms with Crippen LogP contribution in [-0.2, 0) is 13.1 Å². The van der Waals surface area contributed by atoms with Crippen LogP contribution in [0, 0.1) is 0 Å². The lowest BCUT2D eigenvalue weighted by Crippen LogP contribution is -3.06. The molecule has 0 radical (unpaired) electrons. The van der Waals surface area contributed by atoms with Gasteiger partial charge >= 0.3 is 0 Å². The number of rotatable bonds is 9. The van der Waals surface area contributed by atoms with Crippen molar-refractivity contribution in [2.75, 3.05) is 35.5 Å². The van der Waals surface area contributed by atoms with Gasteiger partial charge in [0.1, 0.15) is 35.3 Å². The second-order valence-corrected chi connectivity index (χ2v) is 7.56. The molecule has 0 aliphatic rings. The van der Waals surface area contributed by atoms with Gasteiger partial charge in [-0.15, -0.1) is 11.3 Å². The number of hydrogen-bond acceptors (Lipinski definition) is 6. The van der Waals surface area contributed by atoms with Gasteiger partial charge in [-0.1, -0.05) is 0 Å². The van der Waals surface area contributed by atoms with Crippen LogP contribution in [0.4, 0.5) is 0 Å². The Labute approximate surface area is 175 Å². The lowest BCUT2D eigenvalue weighted by molar-refractivity contribution is -0.908. The summed E-state index contributed by atoms with van der Waals surface area (Å²) >= 11 is 1.63. The Balaban J connectivity index is 1.70. The highest BCUT2D eigenvalue weighted by atomic mass is 32.1. The fourth-order valence-electron chi connectivity index (χ4n) is 3.18. The van der Waals surface area contributed by atoms with Crippen LogP contribution >= 0.6 is 11.3 Å². The third-order valence-corrected chi connectivity index (χ3v) is 5.59. The Hall–Kier alpha value is -2.77. The first kappa shape index (κ1) is 21.0. The molecule has 2 aromatic carbocycles. The highest BCUT2D eigenvalue weighted by Crippen LogP contribution is 2.33. The number of benzene rings is 2. The summed E-state index contributed by atoms with van der Waals surface area (Å²) in [5.74, 6) is 3.05. The first-order valence-electron chi connectivity index (χ1n) is 9.27. The quantitative estimate of drug-likeness (QED) is 0.582. The van der Waals surface area contributed by atoms with Gasteiger partial charge in [0.15, 0.2) is 11.5 Å². The number of nitrogens with zero attached hydrogens (tertiary/aromatic N) is 1. The molecule has 0 bridgehead atoms. The lowest BCUT2D eigenvalue weighted by Gasteiger charge is -2.15. The van der Waals surface area contributed by atoms with Crippen LogP contribution in [0.25, 0.3) is 10.6 Å². The molecule has 6 nitrogen and oxygen atoms in total. The molecule has 1 aromatic heterocycles. The van der Waals surface area contributed by atoms with E-state index in [1.165, 1.54) is 4.90 Å². The average molecular weight is 416 g/mol. The molecule has 1 N–H and O–H groups in total. The summed E-state index contributed by atoms with van der Waals surface area (Å²) in [5, 5.41) is 3.08. The van der Waals surface area contributed by atoms with E-state index in [-0.39, 0.29) is 0 Å². The monoisotopic (exact) mass is 415 g/mol. The summed E-state index contributed by atoms with van der Waals surface area (Å²) in [6, 6.07) is 11.8. The van der Waals surface area contributed by atoms with Crippen LogP contribution in [-0.4, -0.2) is 40.5 Å². The Morgan fingerprint density at radius 3 is 2.28 bits per heavy atom. The minimum Gasteiger partial charge on any atom is -0.497 e. The number of ether oxygens (including phenoxy) is 4. The standard InChI is InChI=1S/C22H26N2O4S/c1-24(12-16-6-8-18(25-2)11-20(16)27-4)13-17-14-29-22(23-17)15-7-9-19(26-3)21(10-15)28-5/h6-11,14H,12-13H2,1-5H3/p+1. The summed E-state index contributed by atoms with van der Waals surface area (Å²) in [6.07, 6.45) is 0. The van der Waals surface area contributed by atoms with Crippen LogP contribution in [0.2, 0.25) is 0 Å². The number of thiazole rings is 1. The molecule has 1 atom stereocenters. The maximum atomic E-state index is 5.51. The van der Waals surface area contributed by atoms with Gasteiger partial charge in [-0.05, 0) is 30.3 Å². The minimum atomic E-state index is 0.705. The van der Waals surface area contributed by atoms with Crippen LogP contribution < -0.4 is 23.8 Å². The topological polar surface area (TPSA) is 54.2 Å². The molecular weight excluding hydrogens is 388 g/mol. The molecule has 29 heavy (non-hydrogen) atoms. The number of methoxy groups -OCH3 is 4. The normalized spacial score (nSPS) is 11.8. The van der Waals surface area contributed by atoms with Gasteiger partial charge in [-0.3, -0.25) is 0 Å². The van der Waals surface area contributed by atoms with E-state index in [9.17, 15) is 0 Å². The van der Waals surface area contributed by atoms with Gasteiger partial charge in [0, 0.05) is 22.6 Å². The molecule has 1 heterocycles. The summed E-state index contributed by atoms with van der Waals surface area (Å²) < 4.78 is 21.5. The molecule has 3 rings (SSSR count).